The second-order valence-corrected chi connectivity index (χ2v) is 7.07. The molecule has 0 bridgehead atoms. The third kappa shape index (κ3) is 3.35. The molecule has 0 spiro atoms. The molecule has 2 N–H and O–H groups in total. The highest BCUT2D eigenvalue weighted by Crippen LogP contribution is 2.27. The SMILES string of the molecule is O=C1N[C@H](CC2C=CC(I)=CC2)C(=O)Nc2ccc(Cl)cc21. The fraction of sp³-hybridized carbons (Fsp3) is 0.250. The number of anilines is 1. The fourth-order valence-corrected chi connectivity index (χ4v) is 3.25. The highest BCUT2D eigenvalue weighted by molar-refractivity contribution is 14.1. The second-order valence-electron chi connectivity index (χ2n) is 5.38. The molecule has 6 heteroatoms. The molecule has 114 valence electrons. The Bertz CT molecular complexity index is 699. The quantitative estimate of drug-likeness (QED) is 0.706. The molecule has 0 radical (unpaired) electrons. The van der Waals surface area contributed by atoms with Gasteiger partial charge in [0.25, 0.3) is 5.91 Å². The van der Waals surface area contributed by atoms with Gasteiger partial charge in [0.1, 0.15) is 6.04 Å². The van der Waals surface area contributed by atoms with Crippen molar-refractivity contribution in [1.29, 1.82) is 0 Å². The minimum Gasteiger partial charge on any atom is -0.340 e. The van der Waals surface area contributed by atoms with Gasteiger partial charge in [-0.2, -0.15) is 0 Å². The number of amides is 2. The number of benzene rings is 1. The van der Waals surface area contributed by atoms with Crippen molar-refractivity contribution >= 4 is 51.7 Å². The maximum atomic E-state index is 12.3. The van der Waals surface area contributed by atoms with E-state index >= 15 is 0 Å². The van der Waals surface area contributed by atoms with Crippen molar-refractivity contribution in [2.24, 2.45) is 5.92 Å². The van der Waals surface area contributed by atoms with Crippen molar-refractivity contribution in [3.63, 3.8) is 0 Å². The van der Waals surface area contributed by atoms with E-state index in [-0.39, 0.29) is 17.7 Å². The zero-order chi connectivity index (χ0) is 15.7. The van der Waals surface area contributed by atoms with Crippen LogP contribution in [0.4, 0.5) is 5.69 Å². The first-order valence-electron chi connectivity index (χ1n) is 6.98. The molecule has 0 aromatic heterocycles. The summed E-state index contributed by atoms with van der Waals surface area (Å²) >= 11 is 8.20. The fourth-order valence-electron chi connectivity index (χ4n) is 2.62. The van der Waals surface area contributed by atoms with Crippen LogP contribution >= 0.6 is 34.2 Å². The second kappa shape index (κ2) is 6.42. The molecule has 1 aromatic carbocycles. The molecule has 4 nitrogen and oxygen atoms in total. The first kappa shape index (κ1) is 15.6. The molecule has 22 heavy (non-hydrogen) atoms. The maximum Gasteiger partial charge on any atom is 0.254 e. The van der Waals surface area contributed by atoms with Gasteiger partial charge in [0.15, 0.2) is 0 Å². The summed E-state index contributed by atoms with van der Waals surface area (Å²) in [6, 6.07) is 4.34. The summed E-state index contributed by atoms with van der Waals surface area (Å²) in [5.74, 6) is -0.211. The van der Waals surface area contributed by atoms with E-state index in [0.29, 0.717) is 22.7 Å². The van der Waals surface area contributed by atoms with Crippen LogP contribution in [0.3, 0.4) is 0 Å². The Morgan fingerprint density at radius 3 is 2.86 bits per heavy atom. The zero-order valence-electron chi connectivity index (χ0n) is 11.6. The molecule has 1 aliphatic carbocycles. The van der Waals surface area contributed by atoms with E-state index in [1.54, 1.807) is 18.2 Å². The molecular weight excluding hydrogens is 415 g/mol. The van der Waals surface area contributed by atoms with Crippen LogP contribution in [0.1, 0.15) is 23.2 Å². The number of fused-ring (bicyclic) bond motifs is 1. The molecule has 0 saturated carbocycles. The van der Waals surface area contributed by atoms with E-state index in [2.05, 4.69) is 45.4 Å². The molecular formula is C16H14ClIN2O2. The summed E-state index contributed by atoms with van der Waals surface area (Å²) in [4.78, 5) is 24.7. The molecule has 1 aliphatic heterocycles. The van der Waals surface area contributed by atoms with Crippen molar-refractivity contribution < 1.29 is 9.59 Å². The van der Waals surface area contributed by atoms with Crippen LogP contribution in [0.25, 0.3) is 0 Å². The average molecular weight is 429 g/mol. The van der Waals surface area contributed by atoms with E-state index in [9.17, 15) is 9.59 Å². The monoisotopic (exact) mass is 428 g/mol. The van der Waals surface area contributed by atoms with E-state index in [0.717, 1.165) is 6.42 Å². The maximum absolute atomic E-state index is 12.3. The van der Waals surface area contributed by atoms with Gasteiger partial charge in [0.2, 0.25) is 5.91 Å². The first-order valence-corrected chi connectivity index (χ1v) is 8.44. The van der Waals surface area contributed by atoms with Crippen LogP contribution in [0.15, 0.2) is 40.0 Å². The third-order valence-electron chi connectivity index (χ3n) is 3.79. The van der Waals surface area contributed by atoms with Crippen molar-refractivity contribution in [2.45, 2.75) is 18.9 Å². The summed E-state index contributed by atoms with van der Waals surface area (Å²) in [6.45, 7) is 0. The van der Waals surface area contributed by atoms with Crippen LogP contribution in [-0.2, 0) is 4.79 Å². The highest BCUT2D eigenvalue weighted by atomic mass is 127. The molecule has 3 rings (SSSR count). The minimum absolute atomic E-state index is 0.188. The number of nitrogens with one attached hydrogen (secondary N) is 2. The van der Waals surface area contributed by atoms with Crippen LogP contribution in [-0.4, -0.2) is 17.9 Å². The molecule has 1 heterocycles. The topological polar surface area (TPSA) is 58.2 Å². The lowest BCUT2D eigenvalue weighted by Gasteiger charge is -2.20. The predicted molar refractivity (Wildman–Crippen MR) is 95.3 cm³/mol. The molecule has 1 aromatic rings. The summed E-state index contributed by atoms with van der Waals surface area (Å²) < 4.78 is 1.20. The van der Waals surface area contributed by atoms with Gasteiger partial charge in [-0.1, -0.05) is 29.8 Å². The number of halogens is 2. The smallest absolute Gasteiger partial charge is 0.254 e. The van der Waals surface area contributed by atoms with Crippen molar-refractivity contribution in [2.75, 3.05) is 5.32 Å². The number of allylic oxidation sites excluding steroid dienone is 4. The Morgan fingerprint density at radius 1 is 1.32 bits per heavy atom. The summed E-state index contributed by atoms with van der Waals surface area (Å²) in [6.07, 6.45) is 7.73. The van der Waals surface area contributed by atoms with Gasteiger partial charge in [0.05, 0.1) is 11.3 Å². The molecule has 2 amide bonds. The average Bonchev–Trinajstić information content (AvgIpc) is 2.60. The van der Waals surface area contributed by atoms with Crippen molar-refractivity contribution in [3.05, 3.63) is 50.6 Å². The summed E-state index contributed by atoms with van der Waals surface area (Å²) in [7, 11) is 0. The number of hydrogen-bond donors (Lipinski definition) is 2. The first-order chi connectivity index (χ1) is 10.5. The van der Waals surface area contributed by atoms with Crippen LogP contribution < -0.4 is 10.6 Å². The van der Waals surface area contributed by atoms with Gasteiger partial charge in [-0.3, -0.25) is 9.59 Å². The van der Waals surface area contributed by atoms with Gasteiger partial charge in [0, 0.05) is 8.60 Å². The highest BCUT2D eigenvalue weighted by Gasteiger charge is 2.29. The Morgan fingerprint density at radius 2 is 2.14 bits per heavy atom. The van der Waals surface area contributed by atoms with E-state index < -0.39 is 6.04 Å². The van der Waals surface area contributed by atoms with Crippen LogP contribution in [0.2, 0.25) is 5.02 Å². The molecule has 0 saturated heterocycles. The Balaban J connectivity index is 1.77. The summed E-state index contributed by atoms with van der Waals surface area (Å²) in [5.41, 5.74) is 0.903. The lowest BCUT2D eigenvalue weighted by atomic mass is 9.93. The van der Waals surface area contributed by atoms with Gasteiger partial charge in [-0.05, 0) is 59.5 Å². The molecule has 2 atom stereocenters. The standard InChI is InChI=1S/C16H14ClIN2O2/c17-10-3-6-13-12(8-10)15(21)20-14(16(22)19-13)7-9-1-4-11(18)5-2-9/h1,3-6,8-9,14H,2,7H2,(H,19,22)(H,20,21)/t9?,14-/m1/s1. The van der Waals surface area contributed by atoms with Crippen LogP contribution in [0, 0.1) is 5.92 Å². The van der Waals surface area contributed by atoms with Gasteiger partial charge >= 0.3 is 0 Å². The predicted octanol–water partition coefficient (Wildman–Crippen LogP) is 3.68. The molecule has 1 unspecified atom stereocenters. The number of carbonyl (C=O) groups excluding carboxylic acids is 2. The number of rotatable bonds is 2. The zero-order valence-corrected chi connectivity index (χ0v) is 14.5. The Hall–Kier alpha value is -1.34. The Kier molecular flexibility index (Phi) is 4.54. The lowest BCUT2D eigenvalue weighted by molar-refractivity contribution is -0.118. The van der Waals surface area contributed by atoms with E-state index in [4.69, 9.17) is 11.6 Å². The van der Waals surface area contributed by atoms with Crippen molar-refractivity contribution in [3.8, 4) is 0 Å². The van der Waals surface area contributed by atoms with Crippen molar-refractivity contribution in [1.82, 2.24) is 5.32 Å². The molecule has 0 fully saturated rings. The van der Waals surface area contributed by atoms with Gasteiger partial charge in [-0.15, -0.1) is 0 Å². The van der Waals surface area contributed by atoms with E-state index in [1.807, 2.05) is 6.08 Å². The van der Waals surface area contributed by atoms with Gasteiger partial charge in [-0.25, -0.2) is 0 Å². The summed E-state index contributed by atoms with van der Waals surface area (Å²) in [5, 5.41) is 6.08. The van der Waals surface area contributed by atoms with E-state index in [1.165, 1.54) is 3.58 Å². The molecule has 2 aliphatic rings. The number of carbonyl (C=O) groups is 2. The van der Waals surface area contributed by atoms with Crippen LogP contribution in [0.5, 0.6) is 0 Å². The largest absolute Gasteiger partial charge is 0.340 e. The van der Waals surface area contributed by atoms with Gasteiger partial charge < -0.3 is 10.6 Å². The number of hydrogen-bond acceptors (Lipinski definition) is 2. The third-order valence-corrected chi connectivity index (χ3v) is 4.82. The minimum atomic E-state index is -0.544. The normalized spacial score (nSPS) is 24.0. The lowest BCUT2D eigenvalue weighted by Crippen LogP contribution is -2.42. The Labute approximate surface area is 147 Å².